The highest BCUT2D eigenvalue weighted by atomic mass is 15.1. The number of hydrogen-bond donors (Lipinski definition) is 0. The van der Waals surface area contributed by atoms with Crippen molar-refractivity contribution in [3.8, 4) is 67.0 Å². The lowest BCUT2D eigenvalue weighted by Gasteiger charge is -2.29. The zero-order chi connectivity index (χ0) is 38.4. The molecule has 7 aromatic carbocycles. The normalized spacial score (nSPS) is 10.8. The Morgan fingerprint density at radius 1 is 0.351 bits per heavy atom. The van der Waals surface area contributed by atoms with Gasteiger partial charge < -0.3 is 4.90 Å². The van der Waals surface area contributed by atoms with Gasteiger partial charge in [-0.05, 0) is 111 Å². The van der Waals surface area contributed by atoms with Gasteiger partial charge in [-0.2, -0.15) is 0 Å². The molecule has 0 aliphatic carbocycles. The van der Waals surface area contributed by atoms with E-state index in [4.69, 9.17) is 11.6 Å². The van der Waals surface area contributed by atoms with Gasteiger partial charge in [-0.25, -0.2) is 4.85 Å². The van der Waals surface area contributed by atoms with Crippen LogP contribution < -0.4 is 4.90 Å². The Morgan fingerprint density at radius 2 is 0.877 bits per heavy atom. The zero-order valence-electron chi connectivity index (χ0n) is 31.1. The second kappa shape index (κ2) is 15.8. The maximum Gasteiger partial charge on any atom is 0.189 e. The van der Waals surface area contributed by atoms with Gasteiger partial charge in [0, 0.05) is 34.9 Å². The Bertz CT molecular complexity index is 2830. The number of benzene rings is 7. The number of aromatic nitrogens is 2. The monoisotopic (exact) mass is 728 g/mol. The van der Waals surface area contributed by atoms with Crippen molar-refractivity contribution in [2.24, 2.45) is 0 Å². The lowest BCUT2D eigenvalue weighted by Crippen LogP contribution is -2.12. The van der Waals surface area contributed by atoms with E-state index in [9.17, 15) is 0 Å². The molecule has 9 aromatic rings. The Kier molecular flexibility index (Phi) is 9.70. The molecule has 0 amide bonds. The van der Waals surface area contributed by atoms with Crippen molar-refractivity contribution in [2.45, 2.75) is 0 Å². The van der Waals surface area contributed by atoms with Gasteiger partial charge in [0.15, 0.2) is 5.69 Å². The predicted octanol–water partition coefficient (Wildman–Crippen LogP) is 14.5. The smallest absolute Gasteiger partial charge is 0.189 e. The average Bonchev–Trinajstić information content (AvgIpc) is 3.30. The van der Waals surface area contributed by atoms with Gasteiger partial charge >= 0.3 is 0 Å². The van der Waals surface area contributed by atoms with Gasteiger partial charge in [-0.3, -0.25) is 9.97 Å². The summed E-state index contributed by atoms with van der Waals surface area (Å²) in [6, 6.07) is 71.3. The van der Waals surface area contributed by atoms with Gasteiger partial charge in [0.2, 0.25) is 0 Å². The number of nitrogens with zero attached hydrogens (tertiary/aromatic N) is 4. The second-order valence-corrected chi connectivity index (χ2v) is 13.8. The van der Waals surface area contributed by atoms with Crippen LogP contribution in [-0.4, -0.2) is 9.97 Å². The second-order valence-electron chi connectivity index (χ2n) is 13.8. The first-order chi connectivity index (χ1) is 28.2. The molecule has 0 saturated heterocycles. The van der Waals surface area contributed by atoms with Crippen molar-refractivity contribution in [1.82, 2.24) is 9.97 Å². The van der Waals surface area contributed by atoms with Gasteiger partial charge in [0.25, 0.3) is 0 Å². The maximum absolute atomic E-state index is 8.14. The number of anilines is 3. The fraction of sp³-hybridized carbons (Fsp3) is 0. The molecule has 268 valence electrons. The van der Waals surface area contributed by atoms with E-state index in [-0.39, 0.29) is 0 Å². The summed E-state index contributed by atoms with van der Waals surface area (Å²) >= 11 is 0. The molecule has 2 heterocycles. The van der Waals surface area contributed by atoms with Crippen LogP contribution in [0.4, 0.5) is 22.7 Å². The molecular weight excluding hydrogens is 693 g/mol. The van der Waals surface area contributed by atoms with Crippen LogP contribution >= 0.6 is 0 Å². The molecular formula is C53H36N4. The molecule has 0 bridgehead atoms. The summed E-state index contributed by atoms with van der Waals surface area (Å²) in [5.41, 5.74) is 15.7. The van der Waals surface area contributed by atoms with Gasteiger partial charge in [-0.1, -0.05) is 140 Å². The first-order valence-electron chi connectivity index (χ1n) is 18.9. The highest BCUT2D eigenvalue weighted by Gasteiger charge is 2.21. The fourth-order valence-corrected chi connectivity index (χ4v) is 7.37. The number of para-hydroxylation sites is 1. The molecule has 4 nitrogen and oxygen atoms in total. The van der Waals surface area contributed by atoms with E-state index in [2.05, 4.69) is 172 Å². The summed E-state index contributed by atoms with van der Waals surface area (Å²) in [4.78, 5) is 15.8. The van der Waals surface area contributed by atoms with Crippen LogP contribution in [0.15, 0.2) is 219 Å². The summed E-state index contributed by atoms with van der Waals surface area (Å²) < 4.78 is 0. The van der Waals surface area contributed by atoms with Crippen molar-refractivity contribution in [2.75, 3.05) is 4.90 Å². The van der Waals surface area contributed by atoms with Crippen LogP contribution in [0.3, 0.4) is 0 Å². The standard InChI is InChI=1S/C53H36N4/c1-54-47-32-46(51-22-13-14-29-55-51)35-49(37-47)57(53-23-12-11-21-50(53)42-19-9-4-10-20-42)48-33-44(39-17-7-3-8-18-39)31-45(34-48)52-36-43(28-30-56-52)41-26-24-40(25-27-41)38-15-5-2-6-16-38/h2-37H. The Hall–Kier alpha value is -7.87. The number of rotatable bonds is 9. The average molecular weight is 729 g/mol. The Morgan fingerprint density at radius 3 is 1.54 bits per heavy atom. The summed E-state index contributed by atoms with van der Waals surface area (Å²) in [5.74, 6) is 0. The van der Waals surface area contributed by atoms with Crippen molar-refractivity contribution in [1.29, 1.82) is 0 Å². The van der Waals surface area contributed by atoms with E-state index < -0.39 is 0 Å². The van der Waals surface area contributed by atoms with Crippen LogP contribution in [0.5, 0.6) is 0 Å². The summed E-state index contributed by atoms with van der Waals surface area (Å²) in [5, 5.41) is 0. The molecule has 0 radical (unpaired) electrons. The largest absolute Gasteiger partial charge is 0.311 e. The molecule has 57 heavy (non-hydrogen) atoms. The third-order valence-corrected chi connectivity index (χ3v) is 10.1. The van der Waals surface area contributed by atoms with Gasteiger partial charge in [0.1, 0.15) is 0 Å². The molecule has 0 aliphatic heterocycles. The van der Waals surface area contributed by atoms with Crippen LogP contribution in [0.1, 0.15) is 0 Å². The van der Waals surface area contributed by atoms with E-state index in [1.54, 1.807) is 6.20 Å². The maximum atomic E-state index is 8.14. The van der Waals surface area contributed by atoms with Crippen molar-refractivity contribution in [3.63, 3.8) is 0 Å². The summed E-state index contributed by atoms with van der Waals surface area (Å²) in [6.07, 6.45) is 3.68. The van der Waals surface area contributed by atoms with Crippen LogP contribution in [0, 0.1) is 6.57 Å². The minimum absolute atomic E-state index is 0.530. The Labute approximate surface area is 333 Å². The molecule has 4 heteroatoms. The van der Waals surface area contributed by atoms with Crippen LogP contribution in [0.2, 0.25) is 0 Å². The van der Waals surface area contributed by atoms with Gasteiger partial charge in [0.05, 0.1) is 23.6 Å². The van der Waals surface area contributed by atoms with E-state index in [0.717, 1.165) is 73.0 Å². The SMILES string of the molecule is [C-]#[N+]c1cc(-c2ccccn2)cc(N(c2cc(-c3ccccc3)cc(-c3cc(-c4ccc(-c5ccccc5)cc4)ccn3)c2)c2ccccc2-c2ccccc2)c1. The zero-order valence-corrected chi connectivity index (χ0v) is 31.1. The lowest BCUT2D eigenvalue weighted by molar-refractivity contribution is 1.27. The van der Waals surface area contributed by atoms with Crippen molar-refractivity contribution in [3.05, 3.63) is 230 Å². The fourth-order valence-electron chi connectivity index (χ4n) is 7.37. The van der Waals surface area contributed by atoms with E-state index >= 15 is 0 Å². The van der Waals surface area contributed by atoms with Crippen LogP contribution in [0.25, 0.3) is 71.9 Å². The minimum Gasteiger partial charge on any atom is -0.311 e. The van der Waals surface area contributed by atoms with E-state index in [0.29, 0.717) is 5.69 Å². The van der Waals surface area contributed by atoms with E-state index in [1.165, 1.54) is 11.1 Å². The molecule has 0 unspecified atom stereocenters. The predicted molar refractivity (Wildman–Crippen MR) is 236 cm³/mol. The highest BCUT2D eigenvalue weighted by Crippen LogP contribution is 2.45. The Balaban J connectivity index is 1.25. The summed E-state index contributed by atoms with van der Waals surface area (Å²) in [7, 11) is 0. The van der Waals surface area contributed by atoms with E-state index in [1.807, 2.05) is 54.7 Å². The van der Waals surface area contributed by atoms with Crippen molar-refractivity contribution >= 4 is 22.7 Å². The molecule has 0 aliphatic rings. The molecule has 0 atom stereocenters. The first-order valence-corrected chi connectivity index (χ1v) is 18.9. The molecule has 2 aromatic heterocycles. The van der Waals surface area contributed by atoms with Crippen molar-refractivity contribution < 1.29 is 0 Å². The number of pyridine rings is 2. The van der Waals surface area contributed by atoms with Gasteiger partial charge in [-0.15, -0.1) is 0 Å². The molecule has 0 spiro atoms. The minimum atomic E-state index is 0.530. The highest BCUT2D eigenvalue weighted by molar-refractivity contribution is 5.92. The quantitative estimate of drug-likeness (QED) is 0.139. The lowest BCUT2D eigenvalue weighted by atomic mass is 9.96. The topological polar surface area (TPSA) is 33.4 Å². The van der Waals surface area contributed by atoms with Crippen LogP contribution in [-0.2, 0) is 0 Å². The third-order valence-electron chi connectivity index (χ3n) is 10.1. The molecule has 0 saturated carbocycles. The third kappa shape index (κ3) is 7.47. The molecule has 0 fully saturated rings. The number of hydrogen-bond acceptors (Lipinski definition) is 3. The summed E-state index contributed by atoms with van der Waals surface area (Å²) in [6.45, 7) is 8.14. The first kappa shape index (κ1) is 34.9. The molecule has 9 rings (SSSR count). The molecule has 0 N–H and O–H groups in total.